The van der Waals surface area contributed by atoms with Crippen LogP contribution in [0.25, 0.3) is 0 Å². The summed E-state index contributed by atoms with van der Waals surface area (Å²) in [5.74, 6) is 0. The van der Waals surface area contributed by atoms with Crippen molar-refractivity contribution in [2.75, 3.05) is 0 Å². The van der Waals surface area contributed by atoms with Crippen molar-refractivity contribution in [3.05, 3.63) is 22.7 Å². The summed E-state index contributed by atoms with van der Waals surface area (Å²) in [6.45, 7) is 15.1. The maximum atomic E-state index is 10.5. The Balaban J connectivity index is -0.000000208. The molecule has 0 aromatic heterocycles. The number of rotatable bonds is 2. The molecule has 0 aromatic carbocycles. The minimum atomic E-state index is 0.255. The van der Waals surface area contributed by atoms with E-state index in [0.29, 0.717) is 15.0 Å². The van der Waals surface area contributed by atoms with Crippen LogP contribution in [0.4, 0.5) is 0 Å². The van der Waals surface area contributed by atoms with E-state index in [9.17, 15) is 4.79 Å². The summed E-state index contributed by atoms with van der Waals surface area (Å²) >= 11 is 0.632. The third-order valence-electron chi connectivity index (χ3n) is 0.955. The van der Waals surface area contributed by atoms with Gasteiger partial charge in [0, 0.05) is 0 Å². The van der Waals surface area contributed by atoms with Crippen LogP contribution >= 0.6 is 0 Å². The van der Waals surface area contributed by atoms with Crippen LogP contribution in [0.5, 0.6) is 0 Å². The molecule has 80 valence electrons. The molecular weight excluding hydrogens is 240 g/mol. The Hall–Kier alpha value is -1.32. The Morgan fingerprint density at radius 1 is 1.20 bits per heavy atom. The minimum Gasteiger partial charge on any atom is -0.281 e. The van der Waals surface area contributed by atoms with Gasteiger partial charge < -0.3 is 0 Å². The van der Waals surface area contributed by atoms with Crippen LogP contribution in [0, 0.1) is 0 Å². The number of hydrogen-bond donors (Lipinski definition) is 0. The van der Waals surface area contributed by atoms with Gasteiger partial charge in [0.15, 0.2) is 0 Å². The van der Waals surface area contributed by atoms with E-state index >= 15 is 0 Å². The standard InChI is InChI=1S/C5H5.C2H3O.3CO.Fe/c1-2-4-5-3-1;1-2-3;3*1-2;/h1-3H,4H2;1H3;;;;. The molecule has 1 aliphatic carbocycles. The molecule has 6 radical (unpaired) electrons. The molecule has 0 aliphatic heterocycles. The molecule has 4 nitrogen and oxygen atoms in total. The molecule has 0 bridgehead atoms. The molecule has 15 heavy (non-hydrogen) atoms. The van der Waals surface area contributed by atoms with Gasteiger partial charge in [0.05, 0.1) is 0 Å². The average molecular weight is 248 g/mol. The van der Waals surface area contributed by atoms with Gasteiger partial charge in [-0.3, -0.25) is 14.4 Å². The third kappa shape index (κ3) is 15.4. The van der Waals surface area contributed by atoms with Crippen LogP contribution in [0.15, 0.2) is 22.7 Å². The number of carbonyl (C=O) groups is 1. The van der Waals surface area contributed by atoms with Crippen LogP contribution in [0.1, 0.15) is 13.3 Å². The molecular formula is C10H8FeO4. The summed E-state index contributed by atoms with van der Waals surface area (Å²) in [6.07, 6.45) is 7.05. The molecule has 0 saturated carbocycles. The zero-order chi connectivity index (χ0) is 12.7. The first-order valence-electron chi connectivity index (χ1n) is 3.39. The fraction of sp³-hybridized carbons (Fsp3) is 0.200. The van der Waals surface area contributed by atoms with Crippen LogP contribution in [-0.4, -0.2) is 25.0 Å². The molecule has 1 aliphatic rings. The van der Waals surface area contributed by atoms with Gasteiger partial charge in [0.2, 0.25) is 0 Å². The molecule has 0 N–H and O–H groups in total. The van der Waals surface area contributed by atoms with Crippen molar-refractivity contribution in [1.82, 2.24) is 0 Å². The number of hydrogen-bond acceptors (Lipinski definition) is 4. The Morgan fingerprint density at radius 3 is 1.93 bits per heavy atom. The Labute approximate surface area is 95.6 Å². The van der Waals surface area contributed by atoms with E-state index in [0.717, 1.165) is 6.42 Å². The maximum absolute atomic E-state index is 10.5. The van der Waals surface area contributed by atoms with E-state index in [1.54, 1.807) is 6.92 Å². The van der Waals surface area contributed by atoms with E-state index in [4.69, 9.17) is 14.4 Å². The van der Waals surface area contributed by atoms with Gasteiger partial charge in [-0.1, -0.05) is 0 Å². The van der Waals surface area contributed by atoms with Gasteiger partial charge in [-0.25, -0.2) is 0 Å². The molecule has 0 unspecified atom stereocenters. The first-order valence-corrected chi connectivity index (χ1v) is 4.49. The van der Waals surface area contributed by atoms with E-state index < -0.39 is 0 Å². The average Bonchev–Trinajstić information content (AvgIpc) is 2.78. The largest absolute Gasteiger partial charge is 0.281 e. The van der Waals surface area contributed by atoms with Gasteiger partial charge in [-0.2, -0.15) is 0 Å². The smallest absolute Gasteiger partial charge is 0.281 e. The molecule has 0 fully saturated rings. The summed E-state index contributed by atoms with van der Waals surface area (Å²) in [7, 11) is 0. The van der Waals surface area contributed by atoms with Gasteiger partial charge >= 0.3 is 60.5 Å². The Bertz CT molecular complexity index is 219. The summed E-state index contributed by atoms with van der Waals surface area (Å²) in [4.78, 5) is 33.0. The second-order valence-corrected chi connectivity index (χ2v) is 3.53. The Kier molecular flexibility index (Phi) is 23.7. The fourth-order valence-corrected chi connectivity index (χ4v) is 1.58. The van der Waals surface area contributed by atoms with Gasteiger partial charge in [0.1, 0.15) is 0 Å². The molecule has 0 heterocycles. The summed E-state index contributed by atoms with van der Waals surface area (Å²) < 4.78 is 1.49. The molecule has 1 rings (SSSR count). The predicted octanol–water partition coefficient (Wildman–Crippen LogP) is 0.268. The SMILES string of the molecule is C[C](=O)[Fe][C]1=CC=CC1.[C]=O.[C]=O.[C]=O. The predicted molar refractivity (Wildman–Crippen MR) is 49.6 cm³/mol. The molecule has 0 saturated heterocycles. The second kappa shape index (κ2) is 18.5. The molecule has 0 spiro atoms. The molecule has 5 heteroatoms. The Morgan fingerprint density at radius 2 is 1.67 bits per heavy atom. The summed E-state index contributed by atoms with van der Waals surface area (Å²) in [5.41, 5.74) is 0. The van der Waals surface area contributed by atoms with Crippen LogP contribution in [0.3, 0.4) is 0 Å². The zero-order valence-corrected chi connectivity index (χ0v) is 9.03. The molecule has 0 amide bonds. The minimum absolute atomic E-state index is 0.255. The van der Waals surface area contributed by atoms with Gasteiger partial charge in [-0.15, -0.1) is 0 Å². The van der Waals surface area contributed by atoms with E-state index in [1.165, 1.54) is 4.47 Å². The van der Waals surface area contributed by atoms with Crippen molar-refractivity contribution in [3.63, 3.8) is 0 Å². The van der Waals surface area contributed by atoms with Gasteiger partial charge in [-0.05, 0) is 0 Å². The van der Waals surface area contributed by atoms with Crippen LogP contribution < -0.4 is 0 Å². The monoisotopic (exact) mass is 248 g/mol. The molecule has 0 aromatic rings. The van der Waals surface area contributed by atoms with Crippen molar-refractivity contribution in [3.8, 4) is 0 Å². The van der Waals surface area contributed by atoms with Gasteiger partial charge in [0.25, 0.3) is 20.4 Å². The molecule has 0 atom stereocenters. The first kappa shape index (κ1) is 19.3. The summed E-state index contributed by atoms with van der Waals surface area (Å²) in [5, 5.41) is 0. The van der Waals surface area contributed by atoms with E-state index in [2.05, 4.69) is 26.4 Å². The van der Waals surface area contributed by atoms with Crippen molar-refractivity contribution >= 4 is 25.0 Å². The fourth-order valence-electron chi connectivity index (χ4n) is 0.641. The third-order valence-corrected chi connectivity index (χ3v) is 2.11. The maximum Gasteiger partial charge on any atom is 0.281 e. The first-order chi connectivity index (χ1) is 7.29. The zero-order valence-electron chi connectivity index (χ0n) is 7.93. The van der Waals surface area contributed by atoms with Crippen molar-refractivity contribution in [1.29, 1.82) is 0 Å². The normalized spacial score (nSPS) is 10.6. The van der Waals surface area contributed by atoms with Crippen molar-refractivity contribution in [2.45, 2.75) is 13.3 Å². The second-order valence-electron chi connectivity index (χ2n) is 1.77. The van der Waals surface area contributed by atoms with Crippen LogP contribution in [0.2, 0.25) is 0 Å². The number of allylic oxidation sites excluding steroid dienone is 4. The summed E-state index contributed by atoms with van der Waals surface area (Å²) in [6, 6.07) is 0. The topological polar surface area (TPSA) is 68.3 Å². The van der Waals surface area contributed by atoms with Crippen molar-refractivity contribution in [2.24, 2.45) is 0 Å². The quantitative estimate of drug-likeness (QED) is 0.657. The number of carbonyl (C=O) groups excluding carboxylic acids is 4. The van der Waals surface area contributed by atoms with E-state index in [-0.39, 0.29) is 4.68 Å². The van der Waals surface area contributed by atoms with Crippen LogP contribution in [-0.2, 0) is 34.1 Å². The van der Waals surface area contributed by atoms with Crippen molar-refractivity contribution < 1.29 is 34.1 Å². The van der Waals surface area contributed by atoms with E-state index in [1.807, 2.05) is 12.2 Å².